The first-order valence-electron chi connectivity index (χ1n) is 10.2. The third-order valence-electron chi connectivity index (χ3n) is 5.14. The van der Waals surface area contributed by atoms with Crippen LogP contribution in [0.4, 0.5) is 9.18 Å². The van der Waals surface area contributed by atoms with E-state index in [1.165, 1.54) is 23.9 Å². The number of thioether (sulfide) groups is 1. The lowest BCUT2D eigenvalue weighted by molar-refractivity contribution is 0.0453. The zero-order valence-electron chi connectivity index (χ0n) is 19.8. The van der Waals surface area contributed by atoms with Crippen molar-refractivity contribution < 1.29 is 23.5 Å². The van der Waals surface area contributed by atoms with Crippen LogP contribution in [0, 0.1) is 5.82 Å². The Morgan fingerprint density at radius 3 is 2.30 bits per heavy atom. The minimum absolute atomic E-state index is 0.0347. The minimum Gasteiger partial charge on any atom is -0.444 e. The minimum atomic E-state index is -2.16. The molecule has 0 aromatic heterocycles. The summed E-state index contributed by atoms with van der Waals surface area (Å²) in [7, 11) is -2.16. The summed E-state index contributed by atoms with van der Waals surface area (Å²) in [5.41, 5.74) is -0.102. The number of hydrogen-bond donors (Lipinski definition) is 2. The van der Waals surface area contributed by atoms with Crippen LogP contribution in [0.3, 0.4) is 0 Å². The van der Waals surface area contributed by atoms with Gasteiger partial charge >= 0.3 is 6.09 Å². The molecule has 5 nitrogen and oxygen atoms in total. The molecule has 0 radical (unpaired) electrons. The van der Waals surface area contributed by atoms with Crippen LogP contribution in [0.2, 0.25) is 18.1 Å². The Morgan fingerprint density at radius 1 is 1.20 bits per heavy atom. The fourth-order valence-electron chi connectivity index (χ4n) is 2.56. The molecule has 2 atom stereocenters. The second kappa shape index (κ2) is 10.5. The molecule has 1 rings (SSSR count). The van der Waals surface area contributed by atoms with Crippen LogP contribution in [-0.2, 0) is 9.16 Å². The van der Waals surface area contributed by atoms with Gasteiger partial charge in [-0.15, -0.1) is 11.8 Å². The van der Waals surface area contributed by atoms with E-state index in [9.17, 15) is 14.3 Å². The van der Waals surface area contributed by atoms with Gasteiger partial charge in [-0.05, 0) is 68.9 Å². The fraction of sp³-hybridized carbons (Fsp3) is 0.682. The molecule has 30 heavy (non-hydrogen) atoms. The Bertz CT molecular complexity index is 716. The first-order chi connectivity index (χ1) is 13.5. The van der Waals surface area contributed by atoms with Crippen molar-refractivity contribution >= 4 is 26.2 Å². The number of aliphatic hydroxyl groups excluding tert-OH is 1. The summed E-state index contributed by atoms with van der Waals surface area (Å²) in [6.45, 7) is 16.2. The standard InChI is InChI=1S/C22H38FNO4SSi/c1-21(2,3)27-20(26)24-14-17(28-30(8,9)22(4,5)6)13-19(25)15-10-16(23)12-18(11-15)29-7/h10-12,17,19,25H,13-14H2,1-9H3,(H,24,26)/t17-,19?/m1/s1. The number of halogens is 1. The lowest BCUT2D eigenvalue weighted by atomic mass is 10.0. The smallest absolute Gasteiger partial charge is 0.407 e. The van der Waals surface area contributed by atoms with Gasteiger partial charge in [-0.25, -0.2) is 9.18 Å². The van der Waals surface area contributed by atoms with Crippen LogP contribution in [0.25, 0.3) is 0 Å². The molecule has 1 amide bonds. The molecule has 2 N–H and O–H groups in total. The molecule has 0 heterocycles. The van der Waals surface area contributed by atoms with E-state index in [0.29, 0.717) is 5.56 Å². The third-order valence-corrected chi connectivity index (χ3v) is 10.4. The molecule has 1 unspecified atom stereocenters. The van der Waals surface area contributed by atoms with Gasteiger partial charge in [0.1, 0.15) is 11.4 Å². The number of benzene rings is 1. The molecule has 0 saturated heterocycles. The Labute approximate surface area is 186 Å². The zero-order chi connectivity index (χ0) is 23.3. The number of ether oxygens (including phenoxy) is 1. The maximum atomic E-state index is 13.9. The number of nitrogens with one attached hydrogen (secondary N) is 1. The zero-order valence-corrected chi connectivity index (χ0v) is 21.6. The van der Waals surface area contributed by atoms with Gasteiger partial charge < -0.3 is 19.6 Å². The first-order valence-corrected chi connectivity index (χ1v) is 14.3. The van der Waals surface area contributed by atoms with Gasteiger partial charge in [0.15, 0.2) is 8.32 Å². The Morgan fingerprint density at radius 2 is 1.80 bits per heavy atom. The first kappa shape index (κ1) is 26.9. The molecule has 0 fully saturated rings. The molecule has 0 bridgehead atoms. The van der Waals surface area contributed by atoms with Gasteiger partial charge in [0.2, 0.25) is 0 Å². The summed E-state index contributed by atoms with van der Waals surface area (Å²) in [5, 5.41) is 13.5. The molecular weight excluding hydrogens is 421 g/mol. The van der Waals surface area contributed by atoms with Crippen molar-refractivity contribution in [1.82, 2.24) is 5.32 Å². The summed E-state index contributed by atoms with van der Waals surface area (Å²) >= 11 is 1.42. The number of alkyl carbamates (subject to hydrolysis) is 1. The van der Waals surface area contributed by atoms with Crippen molar-refractivity contribution in [2.45, 2.75) is 88.8 Å². The fourth-order valence-corrected chi connectivity index (χ4v) is 4.41. The molecule has 172 valence electrons. The van der Waals surface area contributed by atoms with Crippen molar-refractivity contribution in [1.29, 1.82) is 0 Å². The van der Waals surface area contributed by atoms with E-state index in [0.717, 1.165) is 4.90 Å². The van der Waals surface area contributed by atoms with Gasteiger partial charge in [-0.2, -0.15) is 0 Å². The molecule has 0 spiro atoms. The number of carbonyl (C=O) groups excluding carboxylic acids is 1. The highest BCUT2D eigenvalue weighted by Gasteiger charge is 2.39. The number of amides is 1. The molecular formula is C22H38FNO4SSi. The van der Waals surface area contributed by atoms with E-state index in [4.69, 9.17) is 9.16 Å². The van der Waals surface area contributed by atoms with Crippen LogP contribution in [0.15, 0.2) is 23.1 Å². The Hall–Kier alpha value is -1.09. The Balaban J connectivity index is 2.99. The highest BCUT2D eigenvalue weighted by molar-refractivity contribution is 7.98. The average molecular weight is 460 g/mol. The molecule has 0 aliphatic rings. The number of carbonyl (C=O) groups is 1. The predicted molar refractivity (Wildman–Crippen MR) is 124 cm³/mol. The summed E-state index contributed by atoms with van der Waals surface area (Å²) in [6, 6.07) is 4.56. The van der Waals surface area contributed by atoms with Crippen molar-refractivity contribution in [3.63, 3.8) is 0 Å². The molecule has 0 aliphatic heterocycles. The van der Waals surface area contributed by atoms with E-state index >= 15 is 0 Å². The number of rotatable bonds is 8. The van der Waals surface area contributed by atoms with Crippen LogP contribution in [0.5, 0.6) is 0 Å². The number of aliphatic hydroxyl groups is 1. The monoisotopic (exact) mass is 459 g/mol. The van der Waals surface area contributed by atoms with Crippen molar-refractivity contribution in [3.8, 4) is 0 Å². The van der Waals surface area contributed by atoms with E-state index in [2.05, 4.69) is 39.2 Å². The van der Waals surface area contributed by atoms with Gasteiger partial charge in [-0.1, -0.05) is 20.8 Å². The SMILES string of the molecule is CSc1cc(F)cc(C(O)C[C@H](CNC(=O)OC(C)(C)C)O[Si](C)(C)C(C)(C)C)c1. The maximum Gasteiger partial charge on any atom is 0.407 e. The van der Waals surface area contributed by atoms with Gasteiger partial charge in [-0.3, -0.25) is 0 Å². The highest BCUT2D eigenvalue weighted by atomic mass is 32.2. The summed E-state index contributed by atoms with van der Waals surface area (Å²) in [6.07, 6.45) is 0.214. The Kier molecular flexibility index (Phi) is 9.41. The topological polar surface area (TPSA) is 67.8 Å². The number of hydrogen-bond acceptors (Lipinski definition) is 5. The van der Waals surface area contributed by atoms with Crippen LogP contribution < -0.4 is 5.32 Å². The summed E-state index contributed by atoms with van der Waals surface area (Å²) in [5.74, 6) is -0.385. The largest absolute Gasteiger partial charge is 0.444 e. The molecule has 8 heteroatoms. The van der Waals surface area contributed by atoms with E-state index < -0.39 is 32.2 Å². The van der Waals surface area contributed by atoms with Crippen molar-refractivity contribution in [2.75, 3.05) is 12.8 Å². The van der Waals surface area contributed by atoms with Crippen LogP contribution in [0.1, 0.15) is 59.6 Å². The summed E-state index contributed by atoms with van der Waals surface area (Å²) < 4.78 is 25.7. The molecule has 0 saturated carbocycles. The normalized spacial score (nSPS) is 14.9. The predicted octanol–water partition coefficient (Wildman–Crippen LogP) is 5.89. The average Bonchev–Trinajstić information content (AvgIpc) is 2.56. The molecule has 0 aliphatic carbocycles. The molecule has 1 aromatic carbocycles. The third kappa shape index (κ3) is 8.96. The van der Waals surface area contributed by atoms with Gasteiger partial charge in [0.25, 0.3) is 0 Å². The van der Waals surface area contributed by atoms with E-state index in [1.807, 2.05) is 6.26 Å². The van der Waals surface area contributed by atoms with Crippen LogP contribution in [-0.4, -0.2) is 44.0 Å². The lowest BCUT2D eigenvalue weighted by Crippen LogP contribution is -2.47. The van der Waals surface area contributed by atoms with E-state index in [1.54, 1.807) is 26.8 Å². The van der Waals surface area contributed by atoms with Crippen molar-refractivity contribution in [2.24, 2.45) is 0 Å². The second-order valence-electron chi connectivity index (χ2n) is 10.1. The van der Waals surface area contributed by atoms with E-state index in [-0.39, 0.29) is 23.8 Å². The van der Waals surface area contributed by atoms with Crippen LogP contribution >= 0.6 is 11.8 Å². The summed E-state index contributed by atoms with van der Waals surface area (Å²) in [4.78, 5) is 12.9. The van der Waals surface area contributed by atoms with Crippen molar-refractivity contribution in [3.05, 3.63) is 29.6 Å². The highest BCUT2D eigenvalue weighted by Crippen LogP contribution is 2.38. The second-order valence-corrected chi connectivity index (χ2v) is 15.7. The van der Waals surface area contributed by atoms with Gasteiger partial charge in [0, 0.05) is 17.9 Å². The van der Waals surface area contributed by atoms with Gasteiger partial charge in [0.05, 0.1) is 12.2 Å². The molecule has 1 aromatic rings. The maximum absolute atomic E-state index is 13.9. The lowest BCUT2D eigenvalue weighted by Gasteiger charge is -2.40. The quantitative estimate of drug-likeness (QED) is 0.375.